The second-order valence-corrected chi connectivity index (χ2v) is 7.91. The highest BCUT2D eigenvalue weighted by Gasteiger charge is 2.49. The Morgan fingerprint density at radius 1 is 0.895 bits per heavy atom. The molecule has 5 aliphatic rings. The van der Waals surface area contributed by atoms with E-state index in [9.17, 15) is 0 Å². The molecule has 1 atom stereocenters. The van der Waals surface area contributed by atoms with Crippen molar-refractivity contribution in [1.82, 2.24) is 0 Å². The summed E-state index contributed by atoms with van der Waals surface area (Å²) in [5.74, 6) is 4.79. The summed E-state index contributed by atoms with van der Waals surface area (Å²) in [5, 5.41) is 0. The van der Waals surface area contributed by atoms with Gasteiger partial charge >= 0.3 is 0 Å². The van der Waals surface area contributed by atoms with Gasteiger partial charge in [-0.2, -0.15) is 0 Å². The predicted molar refractivity (Wildman–Crippen MR) is 76.7 cm³/mol. The number of nitrogens with two attached hydrogens (primary N) is 1. The van der Waals surface area contributed by atoms with Gasteiger partial charge in [0.15, 0.2) is 0 Å². The predicted octanol–water partition coefficient (Wildman–Crippen LogP) is 3.35. The molecule has 1 unspecified atom stereocenters. The van der Waals surface area contributed by atoms with E-state index in [2.05, 4.69) is 0 Å². The van der Waals surface area contributed by atoms with Crippen molar-refractivity contribution in [2.45, 2.75) is 69.9 Å². The van der Waals surface area contributed by atoms with Crippen LogP contribution in [-0.4, -0.2) is 18.8 Å². The summed E-state index contributed by atoms with van der Waals surface area (Å²) in [5.41, 5.74) is 6.55. The van der Waals surface area contributed by atoms with Gasteiger partial charge in [-0.05, 0) is 74.5 Å². The third-order valence-corrected chi connectivity index (χ3v) is 6.62. The number of hydrogen-bond acceptors (Lipinski definition) is 2. The van der Waals surface area contributed by atoms with Crippen molar-refractivity contribution in [2.24, 2.45) is 35.3 Å². The van der Waals surface area contributed by atoms with E-state index in [1.54, 1.807) is 0 Å². The van der Waals surface area contributed by atoms with Crippen LogP contribution in [0, 0.1) is 29.6 Å². The monoisotopic (exact) mass is 263 g/mol. The minimum atomic E-state index is 0.315. The standard InChI is InChI=1S/C17H29NO/c18-16(10-19-15-3-1-2-4-15)17-13-6-11-5-12(8-13)9-14(17)7-11/h11-17H,1-10,18H2. The van der Waals surface area contributed by atoms with Crippen LogP contribution in [0.2, 0.25) is 0 Å². The molecule has 2 heteroatoms. The van der Waals surface area contributed by atoms with E-state index in [4.69, 9.17) is 10.5 Å². The molecule has 2 nitrogen and oxygen atoms in total. The van der Waals surface area contributed by atoms with E-state index in [0.29, 0.717) is 12.1 Å². The lowest BCUT2D eigenvalue weighted by Crippen LogP contribution is -2.53. The van der Waals surface area contributed by atoms with Crippen LogP contribution < -0.4 is 5.73 Å². The highest BCUT2D eigenvalue weighted by atomic mass is 16.5. The lowest BCUT2D eigenvalue weighted by Gasteiger charge is -2.56. The Hall–Kier alpha value is -0.0800. The molecule has 0 amide bonds. The normalized spacial score (nSPS) is 46.9. The molecule has 0 spiro atoms. The fourth-order valence-corrected chi connectivity index (χ4v) is 6.08. The Kier molecular flexibility index (Phi) is 3.35. The van der Waals surface area contributed by atoms with E-state index in [1.807, 2.05) is 0 Å². The first-order valence-corrected chi connectivity index (χ1v) is 8.66. The van der Waals surface area contributed by atoms with Crippen LogP contribution in [0.15, 0.2) is 0 Å². The van der Waals surface area contributed by atoms with E-state index in [0.717, 1.165) is 36.2 Å². The van der Waals surface area contributed by atoms with Crippen LogP contribution in [0.1, 0.15) is 57.8 Å². The average Bonchev–Trinajstić information content (AvgIpc) is 2.88. The summed E-state index contributed by atoms with van der Waals surface area (Å²) < 4.78 is 6.10. The van der Waals surface area contributed by atoms with E-state index in [-0.39, 0.29) is 0 Å². The minimum absolute atomic E-state index is 0.315. The molecule has 0 aliphatic heterocycles. The van der Waals surface area contributed by atoms with Crippen molar-refractivity contribution >= 4 is 0 Å². The summed E-state index contributed by atoms with van der Waals surface area (Å²) in [7, 11) is 0. The van der Waals surface area contributed by atoms with E-state index in [1.165, 1.54) is 57.8 Å². The number of hydrogen-bond donors (Lipinski definition) is 1. The van der Waals surface area contributed by atoms with Gasteiger partial charge in [0, 0.05) is 6.04 Å². The zero-order valence-corrected chi connectivity index (χ0v) is 12.1. The highest BCUT2D eigenvalue weighted by Crippen LogP contribution is 2.57. The Morgan fingerprint density at radius 3 is 2.05 bits per heavy atom. The lowest BCUT2D eigenvalue weighted by atomic mass is 9.50. The van der Waals surface area contributed by atoms with Crippen LogP contribution in [0.5, 0.6) is 0 Å². The maximum Gasteiger partial charge on any atom is 0.0624 e. The summed E-state index contributed by atoms with van der Waals surface area (Å²) in [6.07, 6.45) is 13.3. The number of rotatable bonds is 4. The van der Waals surface area contributed by atoms with Crippen molar-refractivity contribution in [2.75, 3.05) is 6.61 Å². The first kappa shape index (κ1) is 12.6. The van der Waals surface area contributed by atoms with Crippen LogP contribution in [0.3, 0.4) is 0 Å². The maximum absolute atomic E-state index is 6.55. The summed E-state index contributed by atoms with van der Waals surface area (Å²) >= 11 is 0. The molecule has 0 heterocycles. The topological polar surface area (TPSA) is 35.2 Å². The molecule has 5 aliphatic carbocycles. The van der Waals surface area contributed by atoms with Gasteiger partial charge in [-0.25, -0.2) is 0 Å². The SMILES string of the molecule is NC(COC1CCCC1)C1C2CC3CC(C2)CC1C3. The molecule has 108 valence electrons. The lowest BCUT2D eigenvalue weighted by molar-refractivity contribution is -0.0646. The van der Waals surface area contributed by atoms with Gasteiger partial charge in [0.25, 0.3) is 0 Å². The van der Waals surface area contributed by atoms with Crippen molar-refractivity contribution < 1.29 is 4.74 Å². The molecule has 5 rings (SSSR count). The largest absolute Gasteiger partial charge is 0.377 e. The molecule has 2 N–H and O–H groups in total. The first-order chi connectivity index (χ1) is 9.29. The fraction of sp³-hybridized carbons (Fsp3) is 1.00. The number of ether oxygens (including phenoxy) is 1. The highest BCUT2D eigenvalue weighted by molar-refractivity contribution is 5.01. The van der Waals surface area contributed by atoms with Crippen molar-refractivity contribution in [1.29, 1.82) is 0 Å². The van der Waals surface area contributed by atoms with Crippen LogP contribution >= 0.6 is 0 Å². The van der Waals surface area contributed by atoms with Gasteiger partial charge in [-0.15, -0.1) is 0 Å². The van der Waals surface area contributed by atoms with Crippen molar-refractivity contribution in [3.05, 3.63) is 0 Å². The summed E-state index contributed by atoms with van der Waals surface area (Å²) in [4.78, 5) is 0. The Labute approximate surface area is 117 Å². The maximum atomic E-state index is 6.55. The molecule has 5 saturated carbocycles. The van der Waals surface area contributed by atoms with Gasteiger partial charge in [0.2, 0.25) is 0 Å². The van der Waals surface area contributed by atoms with Gasteiger partial charge in [-0.1, -0.05) is 12.8 Å². The van der Waals surface area contributed by atoms with Gasteiger partial charge in [0.1, 0.15) is 0 Å². The molecule has 0 saturated heterocycles. The van der Waals surface area contributed by atoms with Gasteiger partial charge in [0.05, 0.1) is 12.7 Å². The third-order valence-electron chi connectivity index (χ3n) is 6.62. The summed E-state index contributed by atoms with van der Waals surface area (Å²) in [6.45, 7) is 0.831. The molecule has 19 heavy (non-hydrogen) atoms. The van der Waals surface area contributed by atoms with E-state index < -0.39 is 0 Å². The molecule has 0 radical (unpaired) electrons. The van der Waals surface area contributed by atoms with Crippen LogP contribution in [0.4, 0.5) is 0 Å². The molecule has 0 aromatic rings. The van der Waals surface area contributed by atoms with Crippen LogP contribution in [-0.2, 0) is 4.74 Å². The second kappa shape index (κ2) is 5.04. The molecule has 5 fully saturated rings. The molecule has 0 aromatic heterocycles. The molecular formula is C17H29NO. The summed E-state index contributed by atoms with van der Waals surface area (Å²) in [6, 6.07) is 0.315. The van der Waals surface area contributed by atoms with Gasteiger partial charge < -0.3 is 10.5 Å². The van der Waals surface area contributed by atoms with E-state index >= 15 is 0 Å². The molecular weight excluding hydrogens is 234 g/mol. The zero-order chi connectivity index (χ0) is 12.8. The molecule has 0 aromatic carbocycles. The van der Waals surface area contributed by atoms with Crippen LogP contribution in [0.25, 0.3) is 0 Å². The first-order valence-electron chi connectivity index (χ1n) is 8.66. The Bertz CT molecular complexity index is 295. The average molecular weight is 263 g/mol. The Morgan fingerprint density at radius 2 is 1.47 bits per heavy atom. The molecule has 4 bridgehead atoms. The zero-order valence-electron chi connectivity index (χ0n) is 12.1. The third kappa shape index (κ3) is 2.35. The second-order valence-electron chi connectivity index (χ2n) is 7.91. The van der Waals surface area contributed by atoms with Crippen molar-refractivity contribution in [3.63, 3.8) is 0 Å². The smallest absolute Gasteiger partial charge is 0.0624 e. The Balaban J connectivity index is 1.35. The quantitative estimate of drug-likeness (QED) is 0.844. The van der Waals surface area contributed by atoms with Gasteiger partial charge in [-0.3, -0.25) is 0 Å². The van der Waals surface area contributed by atoms with Crippen molar-refractivity contribution in [3.8, 4) is 0 Å². The minimum Gasteiger partial charge on any atom is -0.377 e. The fourth-order valence-electron chi connectivity index (χ4n) is 6.08.